The standard InChI is InChI=1S/C22H28N2O8S/c1-29-17-10-7-14(11-20(17)33(27,28)24-15-8-9-15)22(26)23-12-16(25)13-32-21-18(30-2)5-4-6-19(21)31-3/h4-7,10-11,15-16,24-25H,8-9,12-13H2,1-3H3,(H,23,26). The Hall–Kier alpha value is -3.02. The molecule has 0 saturated heterocycles. The van der Waals surface area contributed by atoms with E-state index < -0.39 is 22.0 Å². The van der Waals surface area contributed by atoms with Crippen LogP contribution in [0.2, 0.25) is 0 Å². The van der Waals surface area contributed by atoms with Gasteiger partial charge in [0.1, 0.15) is 23.4 Å². The summed E-state index contributed by atoms with van der Waals surface area (Å²) in [6.07, 6.45) is 0.520. The topological polar surface area (TPSA) is 132 Å². The first-order valence-corrected chi connectivity index (χ1v) is 11.8. The maximum absolute atomic E-state index is 12.6. The summed E-state index contributed by atoms with van der Waals surface area (Å²) in [5.41, 5.74) is 0.117. The van der Waals surface area contributed by atoms with Crippen molar-refractivity contribution in [2.75, 3.05) is 34.5 Å². The highest BCUT2D eigenvalue weighted by Gasteiger charge is 2.30. The van der Waals surface area contributed by atoms with Crippen LogP contribution in [-0.2, 0) is 10.0 Å². The third-order valence-corrected chi connectivity index (χ3v) is 6.46. The quantitative estimate of drug-likeness (QED) is 0.414. The molecule has 2 aromatic carbocycles. The first-order valence-electron chi connectivity index (χ1n) is 10.3. The van der Waals surface area contributed by atoms with Crippen molar-refractivity contribution in [3.8, 4) is 23.0 Å². The first kappa shape index (κ1) is 24.6. The van der Waals surface area contributed by atoms with Crippen molar-refractivity contribution in [2.24, 2.45) is 0 Å². The van der Waals surface area contributed by atoms with Gasteiger partial charge in [0.05, 0.1) is 21.3 Å². The van der Waals surface area contributed by atoms with Gasteiger partial charge < -0.3 is 29.4 Å². The minimum atomic E-state index is -3.83. The summed E-state index contributed by atoms with van der Waals surface area (Å²) in [6, 6.07) is 9.16. The molecule has 180 valence electrons. The lowest BCUT2D eigenvalue weighted by molar-refractivity contribution is 0.0833. The highest BCUT2D eigenvalue weighted by atomic mass is 32.2. The Bertz CT molecular complexity index is 1060. The maximum Gasteiger partial charge on any atom is 0.251 e. The Kier molecular flexibility index (Phi) is 8.01. The number of benzene rings is 2. The monoisotopic (exact) mass is 480 g/mol. The summed E-state index contributed by atoms with van der Waals surface area (Å²) in [5.74, 6) is 0.809. The molecule has 3 N–H and O–H groups in total. The zero-order valence-electron chi connectivity index (χ0n) is 18.7. The van der Waals surface area contributed by atoms with Crippen molar-refractivity contribution in [3.05, 3.63) is 42.0 Å². The number of carbonyl (C=O) groups excluding carboxylic acids is 1. The fourth-order valence-electron chi connectivity index (χ4n) is 3.02. The van der Waals surface area contributed by atoms with Crippen LogP contribution in [0.25, 0.3) is 0 Å². The first-order chi connectivity index (χ1) is 15.8. The largest absolute Gasteiger partial charge is 0.495 e. The van der Waals surface area contributed by atoms with Gasteiger partial charge in [-0.05, 0) is 43.2 Å². The van der Waals surface area contributed by atoms with Gasteiger partial charge in [0.2, 0.25) is 15.8 Å². The Labute approximate surface area is 192 Å². The molecule has 0 radical (unpaired) electrons. The van der Waals surface area contributed by atoms with Crippen molar-refractivity contribution in [1.82, 2.24) is 10.0 Å². The van der Waals surface area contributed by atoms with E-state index in [1.54, 1.807) is 18.2 Å². The van der Waals surface area contributed by atoms with E-state index in [2.05, 4.69) is 10.0 Å². The van der Waals surface area contributed by atoms with Gasteiger partial charge in [-0.1, -0.05) is 6.07 Å². The van der Waals surface area contributed by atoms with Crippen LogP contribution >= 0.6 is 0 Å². The predicted molar refractivity (Wildman–Crippen MR) is 120 cm³/mol. The van der Waals surface area contributed by atoms with Crippen molar-refractivity contribution in [3.63, 3.8) is 0 Å². The summed E-state index contributed by atoms with van der Waals surface area (Å²) in [7, 11) is 0.507. The minimum absolute atomic E-state index is 0.0887. The van der Waals surface area contributed by atoms with Crippen molar-refractivity contribution in [2.45, 2.75) is 29.9 Å². The smallest absolute Gasteiger partial charge is 0.251 e. The predicted octanol–water partition coefficient (Wildman–Crippen LogP) is 1.32. The lowest BCUT2D eigenvalue weighted by Crippen LogP contribution is -2.35. The normalized spacial score (nSPS) is 14.3. The molecule has 10 nitrogen and oxygen atoms in total. The molecular weight excluding hydrogens is 452 g/mol. The second-order valence-electron chi connectivity index (χ2n) is 7.43. The molecule has 0 aliphatic heterocycles. The third kappa shape index (κ3) is 6.28. The van der Waals surface area contributed by atoms with Crippen LogP contribution in [0.3, 0.4) is 0 Å². The summed E-state index contributed by atoms with van der Waals surface area (Å²) in [6.45, 7) is -0.255. The molecule has 2 aromatic rings. The second-order valence-corrected chi connectivity index (χ2v) is 9.11. The lowest BCUT2D eigenvalue weighted by atomic mass is 10.2. The van der Waals surface area contributed by atoms with E-state index in [0.29, 0.717) is 17.2 Å². The average molecular weight is 481 g/mol. The van der Waals surface area contributed by atoms with Crippen LogP contribution in [-0.4, -0.2) is 66.1 Å². The highest BCUT2D eigenvalue weighted by molar-refractivity contribution is 7.89. The number of nitrogens with one attached hydrogen (secondary N) is 2. The van der Waals surface area contributed by atoms with E-state index in [0.717, 1.165) is 12.8 Å². The van der Waals surface area contributed by atoms with Gasteiger partial charge in [-0.15, -0.1) is 0 Å². The number of amides is 1. The number of carbonyl (C=O) groups is 1. The molecule has 1 unspecified atom stereocenters. The van der Waals surface area contributed by atoms with Gasteiger partial charge in [0, 0.05) is 18.2 Å². The van der Waals surface area contributed by atoms with E-state index in [-0.39, 0.29) is 35.4 Å². The average Bonchev–Trinajstić information content (AvgIpc) is 3.63. The number of para-hydroxylation sites is 1. The van der Waals surface area contributed by atoms with Gasteiger partial charge in [-0.25, -0.2) is 13.1 Å². The number of methoxy groups -OCH3 is 3. The summed E-state index contributed by atoms with van der Waals surface area (Å²) in [4.78, 5) is 12.5. The van der Waals surface area contributed by atoms with Gasteiger partial charge in [-0.2, -0.15) is 0 Å². The van der Waals surface area contributed by atoms with Crippen LogP contribution in [0, 0.1) is 0 Å². The van der Waals surface area contributed by atoms with E-state index in [9.17, 15) is 18.3 Å². The molecule has 0 heterocycles. The van der Waals surface area contributed by atoms with Crippen molar-refractivity contribution >= 4 is 15.9 Å². The van der Waals surface area contributed by atoms with Crippen LogP contribution in [0.1, 0.15) is 23.2 Å². The fourth-order valence-corrected chi connectivity index (χ4v) is 4.52. The molecule has 11 heteroatoms. The number of aliphatic hydroxyl groups excluding tert-OH is 1. The number of hydrogen-bond acceptors (Lipinski definition) is 8. The van der Waals surface area contributed by atoms with Gasteiger partial charge in [-0.3, -0.25) is 4.79 Å². The summed E-state index contributed by atoms with van der Waals surface area (Å²) >= 11 is 0. The summed E-state index contributed by atoms with van der Waals surface area (Å²) < 4.78 is 49.1. The molecule has 0 aromatic heterocycles. The molecule has 1 atom stereocenters. The highest BCUT2D eigenvalue weighted by Crippen LogP contribution is 2.36. The van der Waals surface area contributed by atoms with Crippen LogP contribution in [0.15, 0.2) is 41.3 Å². The molecule has 1 aliphatic rings. The molecule has 0 spiro atoms. The lowest BCUT2D eigenvalue weighted by Gasteiger charge is -2.17. The van der Waals surface area contributed by atoms with Gasteiger partial charge in [0.15, 0.2) is 11.5 Å². The number of ether oxygens (including phenoxy) is 4. The molecule has 3 rings (SSSR count). The SMILES string of the molecule is COc1ccc(C(=O)NCC(O)COc2c(OC)cccc2OC)cc1S(=O)(=O)NC1CC1. The molecule has 1 saturated carbocycles. The van der Waals surface area contributed by atoms with Crippen molar-refractivity contribution < 1.29 is 37.3 Å². The minimum Gasteiger partial charge on any atom is -0.495 e. The van der Waals surface area contributed by atoms with E-state index in [1.807, 2.05) is 0 Å². The molecular formula is C22H28N2O8S. The van der Waals surface area contributed by atoms with E-state index >= 15 is 0 Å². The molecule has 1 amide bonds. The maximum atomic E-state index is 12.6. The Balaban J connectivity index is 1.62. The number of hydrogen-bond donors (Lipinski definition) is 3. The zero-order valence-corrected chi connectivity index (χ0v) is 19.5. The Morgan fingerprint density at radius 3 is 2.27 bits per heavy atom. The number of rotatable bonds is 12. The molecule has 1 aliphatic carbocycles. The zero-order chi connectivity index (χ0) is 24.0. The Morgan fingerprint density at radius 1 is 1.06 bits per heavy atom. The molecule has 0 bridgehead atoms. The summed E-state index contributed by atoms with van der Waals surface area (Å²) in [5, 5.41) is 12.8. The van der Waals surface area contributed by atoms with Gasteiger partial charge >= 0.3 is 0 Å². The van der Waals surface area contributed by atoms with Crippen molar-refractivity contribution in [1.29, 1.82) is 0 Å². The van der Waals surface area contributed by atoms with Crippen LogP contribution < -0.4 is 29.0 Å². The second kappa shape index (κ2) is 10.7. The number of aliphatic hydroxyl groups is 1. The Morgan fingerprint density at radius 2 is 1.70 bits per heavy atom. The number of sulfonamides is 1. The van der Waals surface area contributed by atoms with Crippen LogP contribution in [0.4, 0.5) is 0 Å². The fraction of sp³-hybridized carbons (Fsp3) is 0.409. The van der Waals surface area contributed by atoms with E-state index in [1.165, 1.54) is 39.5 Å². The van der Waals surface area contributed by atoms with Gasteiger partial charge in [0.25, 0.3) is 5.91 Å². The molecule has 1 fully saturated rings. The molecule has 33 heavy (non-hydrogen) atoms. The third-order valence-electron chi connectivity index (χ3n) is 4.92. The van der Waals surface area contributed by atoms with E-state index in [4.69, 9.17) is 18.9 Å². The van der Waals surface area contributed by atoms with Crippen LogP contribution in [0.5, 0.6) is 23.0 Å².